The number of ether oxygens (including phenoxy) is 1. The number of nitrogens with one attached hydrogen (secondary N) is 1. The molecule has 0 spiro atoms. The van der Waals surface area contributed by atoms with Crippen molar-refractivity contribution in [1.29, 1.82) is 0 Å². The second kappa shape index (κ2) is 5.83. The molecule has 0 bridgehead atoms. The van der Waals surface area contributed by atoms with Gasteiger partial charge in [0.05, 0.1) is 13.2 Å². The predicted octanol–water partition coefficient (Wildman–Crippen LogP) is 1.99. The van der Waals surface area contributed by atoms with Crippen LogP contribution in [0.5, 0.6) is 0 Å². The highest BCUT2D eigenvalue weighted by Crippen LogP contribution is 2.26. The van der Waals surface area contributed by atoms with Gasteiger partial charge in [-0.05, 0) is 13.8 Å². The van der Waals surface area contributed by atoms with Gasteiger partial charge in [-0.15, -0.1) is 11.3 Å². The highest BCUT2D eigenvalue weighted by molar-refractivity contribution is 7.15. The molecule has 0 saturated heterocycles. The normalized spacial score (nSPS) is 10.5. The number of anilines is 1. The van der Waals surface area contributed by atoms with Gasteiger partial charge in [-0.2, -0.15) is 0 Å². The average molecular weight is 280 g/mol. The van der Waals surface area contributed by atoms with E-state index >= 15 is 0 Å². The van der Waals surface area contributed by atoms with Gasteiger partial charge in [-0.3, -0.25) is 0 Å². The third-order valence-electron chi connectivity index (χ3n) is 2.52. The maximum Gasteiger partial charge on any atom is 0.358 e. The Kier molecular flexibility index (Phi) is 4.16. The molecule has 0 aromatic carbocycles. The van der Waals surface area contributed by atoms with E-state index in [0.717, 1.165) is 15.8 Å². The lowest BCUT2D eigenvalue weighted by Crippen LogP contribution is -2.17. The quantitative estimate of drug-likeness (QED) is 0.848. The fourth-order valence-corrected chi connectivity index (χ4v) is 2.47. The molecular weight excluding hydrogens is 264 g/mol. The van der Waals surface area contributed by atoms with Gasteiger partial charge in [0.2, 0.25) is 0 Å². The topological polar surface area (TPSA) is 71.1 Å². The van der Waals surface area contributed by atoms with Crippen LogP contribution in [0.3, 0.4) is 0 Å². The van der Waals surface area contributed by atoms with Crippen LogP contribution in [0.1, 0.15) is 28.1 Å². The van der Waals surface area contributed by atoms with Crippen molar-refractivity contribution in [3.63, 3.8) is 0 Å². The highest BCUT2D eigenvalue weighted by atomic mass is 32.1. The lowest BCUT2D eigenvalue weighted by Gasteiger charge is -2.13. The lowest BCUT2D eigenvalue weighted by atomic mass is 10.4. The maximum absolute atomic E-state index is 11.7. The molecule has 7 heteroatoms. The van der Waals surface area contributed by atoms with Crippen LogP contribution >= 0.6 is 11.3 Å². The van der Waals surface area contributed by atoms with Gasteiger partial charge in [0.1, 0.15) is 5.82 Å². The van der Waals surface area contributed by atoms with E-state index in [0.29, 0.717) is 18.8 Å². The summed E-state index contributed by atoms with van der Waals surface area (Å²) in [7, 11) is 1.91. The van der Waals surface area contributed by atoms with Crippen molar-refractivity contribution in [2.24, 2.45) is 0 Å². The van der Waals surface area contributed by atoms with Crippen molar-refractivity contribution >= 4 is 22.4 Å². The second-order valence-electron chi connectivity index (χ2n) is 4.01. The van der Waals surface area contributed by atoms with Crippen LogP contribution in [0.2, 0.25) is 0 Å². The smallest absolute Gasteiger partial charge is 0.358 e. The standard InChI is InChI=1S/C12H16N4O2S/c1-4-18-11(17)10-8(2)19-12(15-10)16(3)7-9-13-5-6-14-9/h5-6H,4,7H2,1-3H3,(H,13,14). The van der Waals surface area contributed by atoms with Crippen molar-refractivity contribution in [3.8, 4) is 0 Å². The number of carbonyl (C=O) groups excluding carboxylic acids is 1. The van der Waals surface area contributed by atoms with Gasteiger partial charge in [0.25, 0.3) is 0 Å². The molecule has 2 aromatic heterocycles. The summed E-state index contributed by atoms with van der Waals surface area (Å²) in [6.07, 6.45) is 3.49. The molecule has 19 heavy (non-hydrogen) atoms. The zero-order valence-electron chi connectivity index (χ0n) is 11.1. The molecule has 0 radical (unpaired) electrons. The van der Waals surface area contributed by atoms with Crippen molar-refractivity contribution in [1.82, 2.24) is 15.0 Å². The number of hydrogen-bond acceptors (Lipinski definition) is 6. The van der Waals surface area contributed by atoms with E-state index in [4.69, 9.17) is 4.74 Å². The minimum Gasteiger partial charge on any atom is -0.461 e. The fourth-order valence-electron chi connectivity index (χ4n) is 1.61. The molecule has 0 atom stereocenters. The SMILES string of the molecule is CCOC(=O)c1nc(N(C)Cc2ncc[nH]2)sc1C. The molecule has 0 aliphatic rings. The maximum atomic E-state index is 11.7. The van der Waals surface area contributed by atoms with E-state index in [1.165, 1.54) is 11.3 Å². The van der Waals surface area contributed by atoms with Crippen LogP contribution < -0.4 is 4.90 Å². The first-order valence-electron chi connectivity index (χ1n) is 5.95. The van der Waals surface area contributed by atoms with Gasteiger partial charge in [-0.1, -0.05) is 0 Å². The average Bonchev–Trinajstić information content (AvgIpc) is 2.98. The molecule has 0 saturated carbocycles. The molecule has 0 amide bonds. The summed E-state index contributed by atoms with van der Waals surface area (Å²) in [5.41, 5.74) is 0.396. The third-order valence-corrected chi connectivity index (χ3v) is 3.61. The Morgan fingerprint density at radius 1 is 1.58 bits per heavy atom. The number of rotatable bonds is 5. The number of nitrogens with zero attached hydrogens (tertiary/aromatic N) is 3. The molecule has 6 nitrogen and oxygen atoms in total. The van der Waals surface area contributed by atoms with Gasteiger partial charge >= 0.3 is 5.97 Å². The van der Waals surface area contributed by atoms with Gasteiger partial charge < -0.3 is 14.6 Å². The van der Waals surface area contributed by atoms with Gasteiger partial charge in [0, 0.05) is 24.3 Å². The van der Waals surface area contributed by atoms with E-state index in [9.17, 15) is 4.79 Å². The first-order chi connectivity index (χ1) is 9.11. The van der Waals surface area contributed by atoms with E-state index in [1.54, 1.807) is 19.3 Å². The molecule has 2 heterocycles. The highest BCUT2D eigenvalue weighted by Gasteiger charge is 2.18. The third kappa shape index (κ3) is 3.11. The van der Waals surface area contributed by atoms with Crippen LogP contribution in [0.25, 0.3) is 0 Å². The minimum absolute atomic E-state index is 0.355. The second-order valence-corrected chi connectivity index (χ2v) is 5.20. The van der Waals surface area contributed by atoms with Crippen molar-refractivity contribution in [3.05, 3.63) is 28.8 Å². The number of aromatic nitrogens is 3. The Labute approximate surface area is 115 Å². The number of hydrogen-bond donors (Lipinski definition) is 1. The molecule has 2 aromatic rings. The number of imidazole rings is 1. The molecule has 2 rings (SSSR count). The largest absolute Gasteiger partial charge is 0.461 e. The van der Waals surface area contributed by atoms with Crippen molar-refractivity contribution in [2.75, 3.05) is 18.6 Å². The number of H-pyrrole nitrogens is 1. The summed E-state index contributed by atoms with van der Waals surface area (Å²) in [4.78, 5) is 26.0. The Morgan fingerprint density at radius 3 is 3.00 bits per heavy atom. The Balaban J connectivity index is 2.12. The van der Waals surface area contributed by atoms with E-state index in [-0.39, 0.29) is 5.97 Å². The summed E-state index contributed by atoms with van der Waals surface area (Å²) in [6, 6.07) is 0. The Bertz CT molecular complexity index is 550. The van der Waals surface area contributed by atoms with Crippen LogP contribution in [-0.4, -0.2) is 34.6 Å². The molecular formula is C12H16N4O2S. The lowest BCUT2D eigenvalue weighted by molar-refractivity contribution is 0.0519. The summed E-state index contributed by atoms with van der Waals surface area (Å²) in [5.74, 6) is 0.488. The fraction of sp³-hybridized carbons (Fsp3) is 0.417. The van der Waals surface area contributed by atoms with Crippen LogP contribution in [0.4, 0.5) is 5.13 Å². The van der Waals surface area contributed by atoms with Crippen LogP contribution in [-0.2, 0) is 11.3 Å². The first kappa shape index (κ1) is 13.5. The monoisotopic (exact) mass is 280 g/mol. The summed E-state index contributed by atoms with van der Waals surface area (Å²) in [6.45, 7) is 4.62. The van der Waals surface area contributed by atoms with Crippen LogP contribution in [0.15, 0.2) is 12.4 Å². The number of thiazole rings is 1. The van der Waals surface area contributed by atoms with E-state index in [1.807, 2.05) is 18.9 Å². The van der Waals surface area contributed by atoms with E-state index in [2.05, 4.69) is 15.0 Å². The zero-order valence-corrected chi connectivity index (χ0v) is 12.0. The minimum atomic E-state index is -0.367. The summed E-state index contributed by atoms with van der Waals surface area (Å²) in [5, 5.41) is 0.775. The molecule has 102 valence electrons. The predicted molar refractivity (Wildman–Crippen MR) is 73.5 cm³/mol. The van der Waals surface area contributed by atoms with E-state index < -0.39 is 0 Å². The first-order valence-corrected chi connectivity index (χ1v) is 6.77. The Hall–Kier alpha value is -1.89. The number of aryl methyl sites for hydroxylation is 1. The van der Waals surface area contributed by atoms with Gasteiger partial charge in [0.15, 0.2) is 10.8 Å². The molecule has 0 fully saturated rings. The molecule has 0 aliphatic heterocycles. The Morgan fingerprint density at radius 2 is 2.37 bits per heavy atom. The molecule has 0 aliphatic carbocycles. The van der Waals surface area contributed by atoms with Crippen molar-refractivity contribution in [2.45, 2.75) is 20.4 Å². The number of carbonyl (C=O) groups is 1. The zero-order chi connectivity index (χ0) is 13.8. The van der Waals surface area contributed by atoms with Gasteiger partial charge in [-0.25, -0.2) is 14.8 Å². The molecule has 1 N–H and O–H groups in total. The summed E-state index contributed by atoms with van der Waals surface area (Å²) < 4.78 is 4.98. The van der Waals surface area contributed by atoms with Crippen molar-refractivity contribution < 1.29 is 9.53 Å². The number of aromatic amines is 1. The summed E-state index contributed by atoms with van der Waals surface area (Å²) >= 11 is 1.47. The number of esters is 1. The molecule has 0 unspecified atom stereocenters. The van der Waals surface area contributed by atoms with Crippen LogP contribution in [0, 0.1) is 6.92 Å².